The van der Waals surface area contributed by atoms with Gasteiger partial charge in [-0.1, -0.05) is 27.7 Å². The Labute approximate surface area is 173 Å². The molecule has 0 aliphatic heterocycles. The summed E-state index contributed by atoms with van der Waals surface area (Å²) in [5.41, 5.74) is -3.48. The summed E-state index contributed by atoms with van der Waals surface area (Å²) in [6.45, 7) is -0.158. The van der Waals surface area contributed by atoms with E-state index in [1.54, 1.807) is 0 Å². The van der Waals surface area contributed by atoms with E-state index >= 15 is 0 Å². The predicted octanol–water partition coefficient (Wildman–Crippen LogP) is 8.16. The van der Waals surface area contributed by atoms with Gasteiger partial charge in [0.1, 0.15) is 0 Å². The van der Waals surface area contributed by atoms with Crippen molar-refractivity contribution >= 4 is 0 Å². The molecule has 0 saturated heterocycles. The van der Waals surface area contributed by atoms with Crippen LogP contribution in [0.2, 0.25) is 0 Å². The van der Waals surface area contributed by atoms with Gasteiger partial charge in [-0.3, -0.25) is 0 Å². The first-order chi connectivity index (χ1) is 13.8. The van der Waals surface area contributed by atoms with Gasteiger partial charge in [-0.15, -0.1) is 0 Å². The second-order valence-corrected chi connectivity index (χ2v) is 7.90. The lowest BCUT2D eigenvalue weighted by atomic mass is 9.79. The van der Waals surface area contributed by atoms with Crippen LogP contribution in [-0.2, 0) is 0 Å². The maximum Gasteiger partial charge on any atom is 0.385 e. The average Bonchev–Trinajstić information content (AvgIpc) is 2.59. The van der Waals surface area contributed by atoms with Gasteiger partial charge in [-0.05, 0) is 0 Å². The molecule has 0 heterocycles. The molecule has 0 nitrogen and oxygen atoms in total. The van der Waals surface area contributed by atoms with E-state index in [1.165, 1.54) is 0 Å². The Morgan fingerprint density at radius 2 is 0.515 bits per heavy atom. The van der Waals surface area contributed by atoms with Gasteiger partial charge >= 0.3 is 53.3 Å². The Kier molecular flexibility index (Phi) is 7.33. The van der Waals surface area contributed by atoms with Crippen LogP contribution in [0.5, 0.6) is 0 Å². The quantitative estimate of drug-likeness (QED) is 0.261. The Bertz CT molecular complexity index is 711. The Balaban J connectivity index is 7.03. The predicted molar refractivity (Wildman–Crippen MR) is 74.3 cm³/mol. The van der Waals surface area contributed by atoms with Gasteiger partial charge in [0.25, 0.3) is 0 Å². The smallest absolute Gasteiger partial charge is 0.200 e. The molecule has 0 aromatic heterocycles. The topological polar surface area (TPSA) is 0 Å². The first kappa shape index (κ1) is 31.7. The first-order valence-electron chi connectivity index (χ1n) is 8.21. The van der Waals surface area contributed by atoms with Gasteiger partial charge in [0.05, 0.1) is 0 Å². The lowest BCUT2D eigenvalue weighted by molar-refractivity contribution is -0.465. The highest BCUT2D eigenvalue weighted by Crippen LogP contribution is 2.66. The highest BCUT2D eigenvalue weighted by molar-refractivity contribution is 5.18. The third-order valence-electron chi connectivity index (χ3n) is 4.61. The summed E-state index contributed by atoms with van der Waals surface area (Å²) >= 11 is 0. The fraction of sp³-hybridized carbons (Fsp3) is 1.00. The van der Waals surface area contributed by atoms with Crippen LogP contribution < -0.4 is 0 Å². The van der Waals surface area contributed by atoms with Crippen molar-refractivity contribution in [1.82, 2.24) is 0 Å². The summed E-state index contributed by atoms with van der Waals surface area (Å²) in [5.74, 6) is -70.6. The van der Waals surface area contributed by atoms with Gasteiger partial charge in [-0.2, -0.15) is 79.0 Å². The van der Waals surface area contributed by atoms with Crippen LogP contribution in [-0.4, -0.2) is 53.3 Å². The summed E-state index contributed by atoms with van der Waals surface area (Å²) < 4.78 is 243. The van der Waals surface area contributed by atoms with Gasteiger partial charge in [0, 0.05) is 11.8 Å². The van der Waals surface area contributed by atoms with Crippen LogP contribution in [0.25, 0.3) is 0 Å². The molecule has 33 heavy (non-hydrogen) atoms. The zero-order valence-corrected chi connectivity index (χ0v) is 16.5. The Hall–Kier alpha value is -1.26. The lowest BCUT2D eigenvalue weighted by Gasteiger charge is -2.46. The van der Waals surface area contributed by atoms with E-state index < -0.39 is 65.1 Å². The fourth-order valence-electron chi connectivity index (χ4n) is 2.11. The van der Waals surface area contributed by atoms with Crippen LogP contribution >= 0.6 is 0 Å². The third-order valence-corrected chi connectivity index (χ3v) is 4.61. The zero-order chi connectivity index (χ0) is 27.7. The molecule has 18 heteroatoms. The molecule has 200 valence electrons. The third kappa shape index (κ3) is 3.71. The second-order valence-electron chi connectivity index (χ2n) is 7.90. The van der Waals surface area contributed by atoms with E-state index in [9.17, 15) is 79.0 Å². The first-order valence-corrected chi connectivity index (χ1v) is 8.21. The molecule has 0 amide bonds. The molecule has 0 radical (unpaired) electrons. The highest BCUT2D eigenvalue weighted by atomic mass is 19.4. The van der Waals surface area contributed by atoms with E-state index in [2.05, 4.69) is 0 Å². The molecule has 0 N–H and O–H groups in total. The number of rotatable bonds is 9. The summed E-state index contributed by atoms with van der Waals surface area (Å²) in [5, 5.41) is 0. The summed E-state index contributed by atoms with van der Waals surface area (Å²) in [7, 11) is 0. The molecule has 0 aromatic carbocycles. The van der Waals surface area contributed by atoms with Crippen LogP contribution in [0.15, 0.2) is 0 Å². The van der Waals surface area contributed by atoms with Crippen LogP contribution in [0.4, 0.5) is 79.0 Å². The van der Waals surface area contributed by atoms with E-state index in [0.29, 0.717) is 0 Å². The molecule has 0 atom stereocenters. The van der Waals surface area contributed by atoms with Gasteiger partial charge in [-0.25, -0.2) is 0 Å². The molecule has 0 saturated carbocycles. The number of halogens is 18. The Morgan fingerprint density at radius 3 is 0.697 bits per heavy atom. The molecule has 0 rings (SSSR count). The van der Waals surface area contributed by atoms with Crippen molar-refractivity contribution < 1.29 is 79.0 Å². The van der Waals surface area contributed by atoms with E-state index in [4.69, 9.17) is 0 Å². The van der Waals surface area contributed by atoms with Crippen LogP contribution in [0, 0.1) is 5.41 Å². The van der Waals surface area contributed by atoms with Crippen molar-refractivity contribution in [2.24, 2.45) is 5.41 Å². The molecule has 0 aliphatic rings. The minimum absolute atomic E-state index is 0.0244. The molecule has 0 bridgehead atoms. The maximum absolute atomic E-state index is 13.7. The van der Waals surface area contributed by atoms with Gasteiger partial charge in [0.15, 0.2) is 0 Å². The molecular weight excluding hydrogens is 522 g/mol. The van der Waals surface area contributed by atoms with Crippen molar-refractivity contribution in [2.45, 2.75) is 87.4 Å². The van der Waals surface area contributed by atoms with E-state index in [-0.39, 0.29) is 27.7 Å². The van der Waals surface area contributed by atoms with Crippen molar-refractivity contribution in [1.29, 1.82) is 0 Å². The molecule has 0 unspecified atom stereocenters. The summed E-state index contributed by atoms with van der Waals surface area (Å²) in [6.07, 6.45) is -2.50. The number of alkyl halides is 18. The summed E-state index contributed by atoms with van der Waals surface area (Å²) in [6, 6.07) is 0. The van der Waals surface area contributed by atoms with E-state index in [0.717, 1.165) is 0 Å². The zero-order valence-electron chi connectivity index (χ0n) is 16.5. The fourth-order valence-corrected chi connectivity index (χ4v) is 2.11. The highest BCUT2D eigenvalue weighted by Gasteiger charge is 2.96. The van der Waals surface area contributed by atoms with Gasteiger partial charge in [0.2, 0.25) is 0 Å². The van der Waals surface area contributed by atoms with Gasteiger partial charge < -0.3 is 0 Å². The summed E-state index contributed by atoms with van der Waals surface area (Å²) in [4.78, 5) is 0. The van der Waals surface area contributed by atoms with Crippen molar-refractivity contribution in [3.63, 3.8) is 0 Å². The van der Waals surface area contributed by atoms with Crippen molar-refractivity contribution in [3.05, 3.63) is 0 Å². The largest absolute Gasteiger partial charge is 0.385 e. The minimum atomic E-state index is -8.71. The number of hydrogen-bond donors (Lipinski definition) is 0. The van der Waals surface area contributed by atoms with Crippen LogP contribution in [0.3, 0.4) is 0 Å². The standard InChI is InChI=1S/C15H14F18/c1-5-7(16,17)9(20,21)11(24,25)13(28,29)15(32,33)14(30,31)12(26,27)10(22,23)8(18,19)6(2,3)4/h5H2,1-4H3. The van der Waals surface area contributed by atoms with Crippen molar-refractivity contribution in [2.75, 3.05) is 0 Å². The molecule has 0 aliphatic carbocycles. The average molecular weight is 536 g/mol. The van der Waals surface area contributed by atoms with Crippen molar-refractivity contribution in [3.8, 4) is 0 Å². The molecule has 0 aromatic rings. The SMILES string of the molecule is CCC(F)(F)C(F)(F)C(F)(F)C(F)(F)C(F)(F)C(F)(F)C(F)(F)C(F)(F)C(F)(F)C(C)(C)C. The lowest BCUT2D eigenvalue weighted by Crippen LogP contribution is -2.76. The van der Waals surface area contributed by atoms with E-state index in [1.807, 2.05) is 0 Å². The normalized spacial score (nSPS) is 16.9. The second kappa shape index (κ2) is 7.62. The van der Waals surface area contributed by atoms with Crippen LogP contribution in [0.1, 0.15) is 34.1 Å². The monoisotopic (exact) mass is 536 g/mol. The molecule has 0 spiro atoms. The number of hydrogen-bond acceptors (Lipinski definition) is 0. The Morgan fingerprint density at radius 1 is 0.333 bits per heavy atom. The molecule has 0 fully saturated rings. The maximum atomic E-state index is 13.7. The minimum Gasteiger partial charge on any atom is -0.200 e. The molecular formula is C15H14F18.